The van der Waals surface area contributed by atoms with Gasteiger partial charge in [-0.2, -0.15) is 0 Å². The number of aliphatic carboxylic acids is 1. The van der Waals surface area contributed by atoms with Crippen LogP contribution in [0.3, 0.4) is 0 Å². The van der Waals surface area contributed by atoms with Crippen LogP contribution in [0.15, 0.2) is 30.5 Å². The first-order chi connectivity index (χ1) is 9.58. The van der Waals surface area contributed by atoms with Gasteiger partial charge in [0.15, 0.2) is 0 Å². The van der Waals surface area contributed by atoms with Gasteiger partial charge in [0.1, 0.15) is 0 Å². The Balaban J connectivity index is 1.84. The lowest BCUT2D eigenvalue weighted by Gasteiger charge is -2.07. The summed E-state index contributed by atoms with van der Waals surface area (Å²) in [6, 6.07) is 7.99. The van der Waals surface area contributed by atoms with E-state index >= 15 is 0 Å². The van der Waals surface area contributed by atoms with Crippen LogP contribution < -0.4 is 5.32 Å². The van der Waals surface area contributed by atoms with Gasteiger partial charge in [0.05, 0.1) is 5.92 Å². The molecule has 5 heteroatoms. The summed E-state index contributed by atoms with van der Waals surface area (Å²) in [6.07, 6.45) is 2.68. The fraction of sp³-hybridized carbons (Fsp3) is 0.333. The highest BCUT2D eigenvalue weighted by Gasteiger charge is 2.15. The van der Waals surface area contributed by atoms with Gasteiger partial charge in [-0.25, -0.2) is 0 Å². The fourth-order valence-corrected chi connectivity index (χ4v) is 2.11. The zero-order valence-corrected chi connectivity index (χ0v) is 11.3. The number of benzene rings is 1. The Morgan fingerprint density at radius 3 is 2.85 bits per heavy atom. The summed E-state index contributed by atoms with van der Waals surface area (Å²) < 4.78 is 0. The highest BCUT2D eigenvalue weighted by molar-refractivity contribution is 5.83. The minimum atomic E-state index is -0.947. The molecule has 106 valence electrons. The minimum absolute atomic E-state index is 0.0171. The zero-order chi connectivity index (χ0) is 14.5. The second kappa shape index (κ2) is 6.23. The van der Waals surface area contributed by atoms with E-state index in [1.165, 1.54) is 6.92 Å². The van der Waals surface area contributed by atoms with Crippen molar-refractivity contribution in [3.63, 3.8) is 0 Å². The van der Waals surface area contributed by atoms with E-state index in [0.29, 0.717) is 6.54 Å². The zero-order valence-electron chi connectivity index (χ0n) is 11.3. The maximum atomic E-state index is 11.6. The Kier molecular flexibility index (Phi) is 4.40. The largest absolute Gasteiger partial charge is 0.481 e. The quantitative estimate of drug-likeness (QED) is 0.752. The van der Waals surface area contributed by atoms with Crippen LogP contribution in [-0.4, -0.2) is 28.5 Å². The van der Waals surface area contributed by atoms with Crippen LogP contribution in [0.4, 0.5) is 0 Å². The number of rotatable bonds is 6. The third kappa shape index (κ3) is 3.38. The summed E-state index contributed by atoms with van der Waals surface area (Å²) >= 11 is 0. The third-order valence-electron chi connectivity index (χ3n) is 3.30. The summed E-state index contributed by atoms with van der Waals surface area (Å²) in [4.78, 5) is 25.4. The van der Waals surface area contributed by atoms with Crippen LogP contribution in [-0.2, 0) is 16.0 Å². The van der Waals surface area contributed by atoms with Gasteiger partial charge < -0.3 is 15.4 Å². The minimum Gasteiger partial charge on any atom is -0.481 e. The number of para-hydroxylation sites is 1. The maximum absolute atomic E-state index is 11.6. The van der Waals surface area contributed by atoms with Crippen molar-refractivity contribution in [2.75, 3.05) is 6.54 Å². The monoisotopic (exact) mass is 274 g/mol. The molecule has 0 saturated heterocycles. The number of hydrogen-bond acceptors (Lipinski definition) is 2. The number of carboxylic acid groups (broad SMARTS) is 1. The van der Waals surface area contributed by atoms with Crippen molar-refractivity contribution >= 4 is 22.8 Å². The molecule has 1 atom stereocenters. The highest BCUT2D eigenvalue weighted by atomic mass is 16.4. The average molecular weight is 274 g/mol. The normalized spacial score (nSPS) is 12.2. The summed E-state index contributed by atoms with van der Waals surface area (Å²) in [5, 5.41) is 12.6. The van der Waals surface area contributed by atoms with E-state index in [9.17, 15) is 9.59 Å². The van der Waals surface area contributed by atoms with E-state index < -0.39 is 11.9 Å². The van der Waals surface area contributed by atoms with E-state index in [1.807, 2.05) is 30.5 Å². The van der Waals surface area contributed by atoms with Crippen LogP contribution in [0.25, 0.3) is 10.9 Å². The molecular weight excluding hydrogens is 256 g/mol. The lowest BCUT2D eigenvalue weighted by Crippen LogP contribution is -2.28. The second-order valence-electron chi connectivity index (χ2n) is 4.90. The van der Waals surface area contributed by atoms with Gasteiger partial charge in [-0.05, 0) is 18.1 Å². The van der Waals surface area contributed by atoms with Gasteiger partial charge in [-0.1, -0.05) is 25.1 Å². The molecule has 1 aromatic carbocycles. The molecule has 5 nitrogen and oxygen atoms in total. The second-order valence-corrected chi connectivity index (χ2v) is 4.90. The molecule has 0 fully saturated rings. The number of carboxylic acids is 1. The van der Waals surface area contributed by atoms with Gasteiger partial charge >= 0.3 is 5.97 Å². The summed E-state index contributed by atoms with van der Waals surface area (Å²) in [5.41, 5.74) is 2.22. The van der Waals surface area contributed by atoms with Crippen LogP contribution >= 0.6 is 0 Å². The number of carbonyl (C=O) groups is 2. The molecule has 0 aliphatic rings. The first-order valence-electron chi connectivity index (χ1n) is 6.62. The molecule has 2 rings (SSSR count). The first kappa shape index (κ1) is 14.1. The Labute approximate surface area is 117 Å². The number of amides is 1. The van der Waals surface area contributed by atoms with Crippen LogP contribution in [0, 0.1) is 5.92 Å². The van der Waals surface area contributed by atoms with Gasteiger partial charge in [0, 0.05) is 30.1 Å². The topological polar surface area (TPSA) is 82.2 Å². The first-order valence-corrected chi connectivity index (χ1v) is 6.62. The predicted octanol–water partition coefficient (Wildman–Crippen LogP) is 1.94. The van der Waals surface area contributed by atoms with Crippen LogP contribution in [0.1, 0.15) is 18.9 Å². The average Bonchev–Trinajstić information content (AvgIpc) is 2.82. The van der Waals surface area contributed by atoms with Crippen molar-refractivity contribution < 1.29 is 14.7 Å². The van der Waals surface area contributed by atoms with Crippen molar-refractivity contribution in [2.45, 2.75) is 19.8 Å². The molecule has 1 aromatic heterocycles. The van der Waals surface area contributed by atoms with Gasteiger partial charge in [0.25, 0.3) is 0 Å². The van der Waals surface area contributed by atoms with Crippen molar-refractivity contribution in [2.24, 2.45) is 5.92 Å². The van der Waals surface area contributed by atoms with Gasteiger partial charge in [0.2, 0.25) is 5.91 Å². The number of hydrogen-bond donors (Lipinski definition) is 3. The molecule has 0 bridgehead atoms. The smallest absolute Gasteiger partial charge is 0.306 e. The van der Waals surface area contributed by atoms with Crippen molar-refractivity contribution in [1.82, 2.24) is 10.3 Å². The van der Waals surface area contributed by atoms with Crippen molar-refractivity contribution in [3.8, 4) is 0 Å². The highest BCUT2D eigenvalue weighted by Crippen LogP contribution is 2.17. The summed E-state index contributed by atoms with van der Waals surface area (Å²) in [7, 11) is 0. The number of aromatic nitrogens is 1. The number of fused-ring (bicyclic) bond motifs is 1. The number of carbonyl (C=O) groups excluding carboxylic acids is 1. The lowest BCUT2D eigenvalue weighted by atomic mass is 10.1. The Morgan fingerprint density at radius 2 is 2.10 bits per heavy atom. The molecule has 2 aromatic rings. The molecule has 0 saturated carbocycles. The Morgan fingerprint density at radius 1 is 1.35 bits per heavy atom. The molecule has 0 radical (unpaired) electrons. The van der Waals surface area contributed by atoms with Crippen LogP contribution in [0.5, 0.6) is 0 Å². The van der Waals surface area contributed by atoms with Gasteiger partial charge in [-0.15, -0.1) is 0 Å². The maximum Gasteiger partial charge on any atom is 0.306 e. The third-order valence-corrected chi connectivity index (χ3v) is 3.30. The Bertz CT molecular complexity index is 618. The fourth-order valence-electron chi connectivity index (χ4n) is 2.11. The molecule has 0 aliphatic carbocycles. The standard InChI is InChI=1S/C15H18N2O3/c1-10(15(19)20)8-14(18)16-7-6-11-9-17-13-5-3-2-4-12(11)13/h2-5,9-10,17H,6-8H2,1H3,(H,16,18)(H,19,20). The molecule has 1 heterocycles. The molecule has 1 unspecified atom stereocenters. The van der Waals surface area contributed by atoms with Crippen LogP contribution in [0.2, 0.25) is 0 Å². The van der Waals surface area contributed by atoms with Crippen molar-refractivity contribution in [1.29, 1.82) is 0 Å². The molecule has 20 heavy (non-hydrogen) atoms. The molecule has 3 N–H and O–H groups in total. The Hall–Kier alpha value is -2.30. The van der Waals surface area contributed by atoms with Crippen molar-refractivity contribution in [3.05, 3.63) is 36.0 Å². The molecule has 1 amide bonds. The lowest BCUT2D eigenvalue weighted by molar-refractivity contribution is -0.143. The number of aromatic amines is 1. The molecule has 0 aliphatic heterocycles. The predicted molar refractivity (Wildman–Crippen MR) is 76.4 cm³/mol. The summed E-state index contributed by atoms with van der Waals surface area (Å²) in [5.74, 6) is -1.82. The van der Waals surface area contributed by atoms with E-state index in [-0.39, 0.29) is 12.3 Å². The SMILES string of the molecule is CC(CC(=O)NCCc1c[nH]c2ccccc12)C(=O)O. The van der Waals surface area contributed by atoms with E-state index in [1.54, 1.807) is 0 Å². The van der Waals surface area contributed by atoms with E-state index in [0.717, 1.165) is 22.9 Å². The molecular formula is C15H18N2O3. The van der Waals surface area contributed by atoms with E-state index in [4.69, 9.17) is 5.11 Å². The van der Waals surface area contributed by atoms with E-state index in [2.05, 4.69) is 10.3 Å². The number of nitrogens with one attached hydrogen (secondary N) is 2. The number of H-pyrrole nitrogens is 1. The molecule has 0 spiro atoms. The van der Waals surface area contributed by atoms with Gasteiger partial charge in [-0.3, -0.25) is 9.59 Å². The summed E-state index contributed by atoms with van der Waals surface area (Å²) in [6.45, 7) is 2.04.